The van der Waals surface area contributed by atoms with Crippen molar-refractivity contribution in [1.82, 2.24) is 18.8 Å². The SMILES string of the molecule is CN(C1CCCCC1)S(=O)(=O)N1CCN(C(=O)NCC2CC=CCC2)CC1. The number of hydrogen-bond donors (Lipinski definition) is 1. The number of hydrogen-bond acceptors (Lipinski definition) is 3. The lowest BCUT2D eigenvalue weighted by Crippen LogP contribution is -2.56. The van der Waals surface area contributed by atoms with E-state index in [9.17, 15) is 13.2 Å². The standard InChI is InChI=1S/C19H34N4O3S/c1-21(18-10-6-3-7-11-18)27(25,26)23-14-12-22(13-15-23)19(24)20-16-17-8-4-2-5-9-17/h2,4,17-18H,3,5-16H2,1H3,(H,20,24). The first-order valence-electron chi connectivity index (χ1n) is 10.4. The highest BCUT2D eigenvalue weighted by molar-refractivity contribution is 7.86. The van der Waals surface area contributed by atoms with Gasteiger partial charge in [-0.1, -0.05) is 31.4 Å². The summed E-state index contributed by atoms with van der Waals surface area (Å²) in [7, 11) is -1.73. The normalized spacial score (nSPS) is 25.7. The van der Waals surface area contributed by atoms with Gasteiger partial charge in [0.05, 0.1) is 0 Å². The van der Waals surface area contributed by atoms with Crippen molar-refractivity contribution in [3.8, 4) is 0 Å². The highest BCUT2D eigenvalue weighted by Gasteiger charge is 2.35. The second-order valence-electron chi connectivity index (χ2n) is 8.04. The minimum absolute atomic E-state index is 0.0674. The van der Waals surface area contributed by atoms with Crippen LogP contribution < -0.4 is 5.32 Å². The molecule has 2 amide bonds. The van der Waals surface area contributed by atoms with Gasteiger partial charge in [0.15, 0.2) is 0 Å². The molecule has 3 aliphatic rings. The summed E-state index contributed by atoms with van der Waals surface area (Å²) in [6, 6.07) is 0.0526. The maximum atomic E-state index is 12.9. The minimum atomic E-state index is -3.44. The lowest BCUT2D eigenvalue weighted by Gasteiger charge is -2.38. The molecule has 154 valence electrons. The van der Waals surface area contributed by atoms with Crippen molar-refractivity contribution in [3.63, 3.8) is 0 Å². The van der Waals surface area contributed by atoms with Gasteiger partial charge in [0.1, 0.15) is 0 Å². The molecule has 1 saturated carbocycles. The topological polar surface area (TPSA) is 73.0 Å². The van der Waals surface area contributed by atoms with Crippen molar-refractivity contribution in [1.29, 1.82) is 0 Å². The third-order valence-corrected chi connectivity index (χ3v) is 8.27. The third kappa shape index (κ3) is 5.23. The summed E-state index contributed by atoms with van der Waals surface area (Å²) >= 11 is 0. The van der Waals surface area contributed by atoms with Gasteiger partial charge in [-0.3, -0.25) is 0 Å². The molecule has 1 atom stereocenters. The monoisotopic (exact) mass is 398 g/mol. The van der Waals surface area contributed by atoms with Crippen LogP contribution in [0.25, 0.3) is 0 Å². The van der Waals surface area contributed by atoms with Gasteiger partial charge < -0.3 is 10.2 Å². The van der Waals surface area contributed by atoms with E-state index in [1.165, 1.54) is 10.7 Å². The number of carbonyl (C=O) groups excluding carboxylic acids is 1. The molecule has 2 aliphatic carbocycles. The lowest BCUT2D eigenvalue weighted by atomic mass is 9.94. The Labute approximate surface area is 163 Å². The highest BCUT2D eigenvalue weighted by atomic mass is 32.2. The van der Waals surface area contributed by atoms with Crippen molar-refractivity contribution in [2.45, 2.75) is 57.4 Å². The second-order valence-corrected chi connectivity index (χ2v) is 10.0. The van der Waals surface area contributed by atoms with E-state index in [0.717, 1.165) is 44.9 Å². The van der Waals surface area contributed by atoms with Crippen molar-refractivity contribution in [2.75, 3.05) is 39.8 Å². The maximum absolute atomic E-state index is 12.9. The van der Waals surface area contributed by atoms with Gasteiger partial charge in [0, 0.05) is 45.8 Å². The number of piperazine rings is 1. The van der Waals surface area contributed by atoms with Gasteiger partial charge in [-0.15, -0.1) is 0 Å². The summed E-state index contributed by atoms with van der Waals surface area (Å²) in [4.78, 5) is 14.1. The Morgan fingerprint density at radius 2 is 1.78 bits per heavy atom. The molecule has 1 heterocycles. The first-order valence-corrected chi connectivity index (χ1v) is 11.8. The summed E-state index contributed by atoms with van der Waals surface area (Å²) < 4.78 is 28.9. The van der Waals surface area contributed by atoms with Gasteiger partial charge in [0.25, 0.3) is 10.2 Å². The Hall–Kier alpha value is -1.12. The van der Waals surface area contributed by atoms with Crippen LogP contribution in [-0.2, 0) is 10.2 Å². The summed E-state index contributed by atoms with van der Waals surface area (Å²) in [5.41, 5.74) is 0. The molecule has 27 heavy (non-hydrogen) atoms. The molecule has 0 aromatic rings. The van der Waals surface area contributed by atoms with E-state index >= 15 is 0 Å². The first-order chi connectivity index (χ1) is 13.0. The van der Waals surface area contributed by atoms with Crippen molar-refractivity contribution >= 4 is 16.2 Å². The third-order valence-electron chi connectivity index (χ3n) is 6.22. The molecular formula is C19H34N4O3S. The van der Waals surface area contributed by atoms with Gasteiger partial charge in [-0.25, -0.2) is 4.79 Å². The molecule has 0 radical (unpaired) electrons. The predicted molar refractivity (Wildman–Crippen MR) is 107 cm³/mol. The molecule has 1 aliphatic heterocycles. The summed E-state index contributed by atoms with van der Waals surface area (Å²) in [5.74, 6) is 0.518. The molecule has 2 fully saturated rings. The van der Waals surface area contributed by atoms with E-state index < -0.39 is 10.2 Å². The molecule has 1 unspecified atom stereocenters. The number of nitrogens with one attached hydrogen (secondary N) is 1. The molecule has 1 N–H and O–H groups in total. The Balaban J connectivity index is 1.45. The van der Waals surface area contributed by atoms with Crippen LogP contribution >= 0.6 is 0 Å². The maximum Gasteiger partial charge on any atom is 0.317 e. The first kappa shape index (κ1) is 20.6. The Morgan fingerprint density at radius 1 is 1.07 bits per heavy atom. The molecule has 0 aromatic carbocycles. The number of urea groups is 1. The average molecular weight is 399 g/mol. The molecule has 8 heteroatoms. The highest BCUT2D eigenvalue weighted by Crippen LogP contribution is 2.25. The number of nitrogens with zero attached hydrogens (tertiary/aromatic N) is 3. The minimum Gasteiger partial charge on any atom is -0.338 e. The zero-order valence-corrected chi connectivity index (χ0v) is 17.3. The number of allylic oxidation sites excluding steroid dienone is 2. The van der Waals surface area contributed by atoms with E-state index in [2.05, 4.69) is 17.5 Å². The van der Waals surface area contributed by atoms with Gasteiger partial charge in [-0.05, 0) is 38.0 Å². The van der Waals surface area contributed by atoms with Crippen molar-refractivity contribution in [2.24, 2.45) is 5.92 Å². The van der Waals surface area contributed by atoms with E-state index in [0.29, 0.717) is 38.6 Å². The Morgan fingerprint density at radius 3 is 2.41 bits per heavy atom. The van der Waals surface area contributed by atoms with Crippen LogP contribution in [0.4, 0.5) is 4.79 Å². The summed E-state index contributed by atoms with van der Waals surface area (Å²) in [6.45, 7) is 2.35. The largest absolute Gasteiger partial charge is 0.338 e. The predicted octanol–water partition coefficient (Wildman–Crippen LogP) is 2.18. The molecule has 0 spiro atoms. The van der Waals surface area contributed by atoms with Crippen LogP contribution in [0.3, 0.4) is 0 Å². The Kier molecular flexibility index (Phi) is 7.16. The van der Waals surface area contributed by atoms with Crippen LogP contribution in [0.5, 0.6) is 0 Å². The molecule has 0 aromatic heterocycles. The quantitative estimate of drug-likeness (QED) is 0.722. The summed E-state index contributed by atoms with van der Waals surface area (Å²) in [5, 5.41) is 3.02. The molecule has 3 rings (SSSR count). The number of carbonyl (C=O) groups is 1. The zero-order valence-electron chi connectivity index (χ0n) is 16.5. The fourth-order valence-electron chi connectivity index (χ4n) is 4.32. The average Bonchev–Trinajstić information content (AvgIpc) is 2.73. The van der Waals surface area contributed by atoms with Gasteiger partial charge in [-0.2, -0.15) is 17.0 Å². The van der Waals surface area contributed by atoms with E-state index in [1.807, 2.05) is 0 Å². The second kappa shape index (κ2) is 9.39. The lowest BCUT2D eigenvalue weighted by molar-refractivity contribution is 0.165. The molecular weight excluding hydrogens is 364 g/mol. The zero-order chi connectivity index (χ0) is 19.3. The van der Waals surface area contributed by atoms with Crippen LogP contribution in [0.2, 0.25) is 0 Å². The van der Waals surface area contributed by atoms with Crippen LogP contribution in [0.1, 0.15) is 51.4 Å². The fourth-order valence-corrected chi connectivity index (χ4v) is 5.90. The van der Waals surface area contributed by atoms with Gasteiger partial charge >= 0.3 is 6.03 Å². The molecule has 7 nitrogen and oxygen atoms in total. The summed E-state index contributed by atoms with van der Waals surface area (Å²) in [6.07, 6.45) is 12.9. The number of amides is 2. The van der Waals surface area contributed by atoms with Gasteiger partial charge in [0.2, 0.25) is 0 Å². The fraction of sp³-hybridized carbons (Fsp3) is 0.842. The molecule has 1 saturated heterocycles. The van der Waals surface area contributed by atoms with Crippen LogP contribution in [0.15, 0.2) is 12.2 Å². The molecule has 0 bridgehead atoms. The van der Waals surface area contributed by atoms with E-state index in [4.69, 9.17) is 0 Å². The van der Waals surface area contributed by atoms with Crippen LogP contribution in [0, 0.1) is 5.92 Å². The van der Waals surface area contributed by atoms with E-state index in [1.54, 1.807) is 16.3 Å². The van der Waals surface area contributed by atoms with E-state index in [-0.39, 0.29) is 12.1 Å². The Bertz CT molecular complexity index is 623. The smallest absolute Gasteiger partial charge is 0.317 e. The van der Waals surface area contributed by atoms with Crippen molar-refractivity contribution < 1.29 is 13.2 Å². The number of rotatable bonds is 5. The van der Waals surface area contributed by atoms with Crippen LogP contribution in [-0.4, -0.2) is 73.8 Å². The van der Waals surface area contributed by atoms with Crippen molar-refractivity contribution in [3.05, 3.63) is 12.2 Å².